The van der Waals surface area contributed by atoms with Crippen molar-refractivity contribution >= 4 is 17.1 Å². The molecule has 1 fully saturated rings. The molecule has 0 saturated heterocycles. The van der Waals surface area contributed by atoms with Gasteiger partial charge in [0.25, 0.3) is 5.56 Å². The summed E-state index contributed by atoms with van der Waals surface area (Å²) in [4.78, 5) is 45.6. The summed E-state index contributed by atoms with van der Waals surface area (Å²) in [5.41, 5.74) is 0.674. The van der Waals surface area contributed by atoms with Crippen LogP contribution in [0.3, 0.4) is 0 Å². The van der Waals surface area contributed by atoms with Crippen molar-refractivity contribution < 1.29 is 9.53 Å². The van der Waals surface area contributed by atoms with E-state index in [2.05, 4.69) is 15.3 Å². The molecule has 164 valence electrons. The number of ether oxygens (including phenoxy) is 1. The zero-order valence-electron chi connectivity index (χ0n) is 17.9. The number of amides is 1. The van der Waals surface area contributed by atoms with E-state index in [1.165, 1.54) is 22.5 Å². The van der Waals surface area contributed by atoms with Crippen molar-refractivity contribution in [2.24, 2.45) is 14.1 Å². The van der Waals surface area contributed by atoms with Crippen LogP contribution in [0, 0.1) is 6.92 Å². The zero-order valence-corrected chi connectivity index (χ0v) is 17.9. The van der Waals surface area contributed by atoms with Crippen LogP contribution in [0.5, 0.6) is 5.88 Å². The monoisotopic (exact) mass is 426 g/mol. The summed E-state index contributed by atoms with van der Waals surface area (Å²) in [6, 6.07) is 3.90. The van der Waals surface area contributed by atoms with E-state index in [1.54, 1.807) is 13.2 Å². The van der Waals surface area contributed by atoms with Crippen molar-refractivity contribution in [3.63, 3.8) is 0 Å². The molecule has 0 radical (unpaired) electrons. The molecule has 1 saturated carbocycles. The molecule has 3 heterocycles. The van der Waals surface area contributed by atoms with E-state index in [-0.39, 0.29) is 35.8 Å². The molecule has 1 N–H and O–H groups in total. The zero-order chi connectivity index (χ0) is 22.1. The molecule has 1 amide bonds. The van der Waals surface area contributed by atoms with Crippen molar-refractivity contribution in [3.05, 3.63) is 51.1 Å². The third-order valence-electron chi connectivity index (χ3n) is 5.74. The van der Waals surface area contributed by atoms with Crippen molar-refractivity contribution in [3.8, 4) is 5.88 Å². The summed E-state index contributed by atoms with van der Waals surface area (Å²) in [7, 11) is 2.96. The Kier molecular flexibility index (Phi) is 5.62. The topological polar surface area (TPSA) is 113 Å². The van der Waals surface area contributed by atoms with Gasteiger partial charge in [0.05, 0.1) is 6.33 Å². The van der Waals surface area contributed by atoms with Crippen LogP contribution in [0.4, 0.5) is 0 Å². The van der Waals surface area contributed by atoms with Crippen LogP contribution in [-0.4, -0.2) is 41.7 Å². The number of fused-ring (bicyclic) bond motifs is 1. The lowest BCUT2D eigenvalue weighted by molar-refractivity contribution is -0.122. The number of hydrogen-bond donors (Lipinski definition) is 1. The summed E-state index contributed by atoms with van der Waals surface area (Å²) < 4.78 is 9.75. The molecule has 0 atom stereocenters. The van der Waals surface area contributed by atoms with Gasteiger partial charge in [-0.3, -0.25) is 18.7 Å². The van der Waals surface area contributed by atoms with Gasteiger partial charge in [-0.1, -0.05) is 6.07 Å². The number of aryl methyl sites for hydroxylation is 2. The average molecular weight is 426 g/mol. The van der Waals surface area contributed by atoms with E-state index in [1.807, 2.05) is 19.1 Å². The number of carbonyl (C=O) groups is 1. The third kappa shape index (κ3) is 4.23. The van der Waals surface area contributed by atoms with Crippen LogP contribution >= 0.6 is 0 Å². The maximum absolute atomic E-state index is 12.6. The first-order valence-electron chi connectivity index (χ1n) is 10.3. The molecule has 1 aliphatic rings. The Hall–Kier alpha value is -3.43. The van der Waals surface area contributed by atoms with Gasteiger partial charge in [0.15, 0.2) is 11.2 Å². The van der Waals surface area contributed by atoms with Gasteiger partial charge in [-0.05, 0) is 38.2 Å². The standard InChI is InChI=1S/C21H26N6O4/c1-13-4-9-17(22-10-13)31-15-7-5-14(6-8-15)24-16(28)11-27-12-23-19-18(27)20(29)26(3)21(30)25(19)2/h4,9-10,12,14-15H,5-8,11H2,1-3H3,(H,24,28). The fraction of sp³-hybridized carbons (Fsp3) is 0.476. The van der Waals surface area contributed by atoms with Gasteiger partial charge in [0, 0.05) is 32.4 Å². The van der Waals surface area contributed by atoms with Crippen molar-refractivity contribution in [2.75, 3.05) is 0 Å². The van der Waals surface area contributed by atoms with Gasteiger partial charge in [-0.25, -0.2) is 14.8 Å². The minimum Gasteiger partial charge on any atom is -0.474 e. The summed E-state index contributed by atoms with van der Waals surface area (Å²) in [6.07, 6.45) is 6.57. The molecule has 0 aliphatic heterocycles. The Morgan fingerprint density at radius 2 is 1.87 bits per heavy atom. The van der Waals surface area contributed by atoms with Crippen LogP contribution in [0.25, 0.3) is 11.2 Å². The normalized spacial score (nSPS) is 18.8. The molecule has 0 aromatic carbocycles. The van der Waals surface area contributed by atoms with E-state index >= 15 is 0 Å². The van der Waals surface area contributed by atoms with Crippen LogP contribution in [0.2, 0.25) is 0 Å². The molecule has 10 heteroatoms. The van der Waals surface area contributed by atoms with Crippen LogP contribution in [0.1, 0.15) is 31.2 Å². The van der Waals surface area contributed by atoms with Gasteiger partial charge >= 0.3 is 5.69 Å². The van der Waals surface area contributed by atoms with Crippen molar-refractivity contribution in [1.29, 1.82) is 0 Å². The largest absolute Gasteiger partial charge is 0.474 e. The average Bonchev–Trinajstić information content (AvgIpc) is 3.17. The Bertz CT molecular complexity index is 1220. The molecule has 1 aliphatic carbocycles. The fourth-order valence-corrected chi connectivity index (χ4v) is 3.96. The van der Waals surface area contributed by atoms with E-state index in [4.69, 9.17) is 4.74 Å². The number of hydrogen-bond acceptors (Lipinski definition) is 6. The predicted octanol–water partition coefficient (Wildman–Crippen LogP) is 0.644. The lowest BCUT2D eigenvalue weighted by Gasteiger charge is -2.29. The minimum atomic E-state index is -0.467. The predicted molar refractivity (Wildman–Crippen MR) is 114 cm³/mol. The van der Waals surface area contributed by atoms with Crippen LogP contribution in [0.15, 0.2) is 34.2 Å². The molecular formula is C21H26N6O4. The highest BCUT2D eigenvalue weighted by Crippen LogP contribution is 2.23. The van der Waals surface area contributed by atoms with Crippen LogP contribution < -0.4 is 21.3 Å². The van der Waals surface area contributed by atoms with E-state index in [0.29, 0.717) is 5.88 Å². The van der Waals surface area contributed by atoms with Crippen molar-refractivity contribution in [1.82, 2.24) is 29.0 Å². The number of rotatable bonds is 5. The summed E-state index contributed by atoms with van der Waals surface area (Å²) in [5, 5.41) is 3.04. The SMILES string of the molecule is Cc1ccc(OC2CCC(NC(=O)Cn3cnc4c3c(=O)n(C)c(=O)n4C)CC2)nc1. The van der Waals surface area contributed by atoms with E-state index < -0.39 is 11.2 Å². The molecule has 0 unspecified atom stereocenters. The second kappa shape index (κ2) is 8.37. The summed E-state index contributed by atoms with van der Waals surface area (Å²) >= 11 is 0. The van der Waals surface area contributed by atoms with Gasteiger partial charge in [0.2, 0.25) is 11.8 Å². The Balaban J connectivity index is 1.35. The number of pyridine rings is 1. The van der Waals surface area contributed by atoms with Gasteiger partial charge in [-0.15, -0.1) is 0 Å². The molecular weight excluding hydrogens is 400 g/mol. The second-order valence-corrected chi connectivity index (χ2v) is 8.08. The highest BCUT2D eigenvalue weighted by molar-refractivity contribution is 5.79. The highest BCUT2D eigenvalue weighted by Gasteiger charge is 2.24. The molecule has 3 aromatic heterocycles. The van der Waals surface area contributed by atoms with E-state index in [9.17, 15) is 14.4 Å². The number of imidazole rings is 1. The highest BCUT2D eigenvalue weighted by atomic mass is 16.5. The fourth-order valence-electron chi connectivity index (χ4n) is 3.96. The summed E-state index contributed by atoms with van der Waals surface area (Å²) in [6.45, 7) is 1.95. The number of aromatic nitrogens is 5. The van der Waals surface area contributed by atoms with Crippen LogP contribution in [-0.2, 0) is 25.4 Å². The number of nitrogens with zero attached hydrogens (tertiary/aromatic N) is 5. The maximum atomic E-state index is 12.6. The van der Waals surface area contributed by atoms with Gasteiger partial charge < -0.3 is 14.6 Å². The minimum absolute atomic E-state index is 0.0341. The summed E-state index contributed by atoms with van der Waals surface area (Å²) in [5.74, 6) is 0.431. The molecule has 31 heavy (non-hydrogen) atoms. The first kappa shape index (κ1) is 20.8. The number of carbonyl (C=O) groups excluding carboxylic acids is 1. The molecule has 0 spiro atoms. The van der Waals surface area contributed by atoms with Gasteiger partial charge in [-0.2, -0.15) is 0 Å². The maximum Gasteiger partial charge on any atom is 0.332 e. The lowest BCUT2D eigenvalue weighted by Crippen LogP contribution is -2.41. The Morgan fingerprint density at radius 3 is 2.55 bits per heavy atom. The first-order chi connectivity index (χ1) is 14.8. The quantitative estimate of drug-likeness (QED) is 0.641. The van der Waals surface area contributed by atoms with Crippen molar-refractivity contribution in [2.45, 2.75) is 51.3 Å². The first-order valence-corrected chi connectivity index (χ1v) is 10.3. The Labute approximate surface area is 178 Å². The lowest BCUT2D eigenvalue weighted by atomic mass is 9.93. The second-order valence-electron chi connectivity index (χ2n) is 8.08. The smallest absolute Gasteiger partial charge is 0.332 e. The molecule has 10 nitrogen and oxygen atoms in total. The van der Waals surface area contributed by atoms with E-state index in [0.717, 1.165) is 35.8 Å². The molecule has 4 rings (SSSR count). The number of nitrogens with one attached hydrogen (secondary N) is 1. The Morgan fingerprint density at radius 1 is 1.13 bits per heavy atom. The van der Waals surface area contributed by atoms with Gasteiger partial charge in [0.1, 0.15) is 12.6 Å². The molecule has 3 aromatic rings. The molecule has 0 bridgehead atoms. The third-order valence-corrected chi connectivity index (χ3v) is 5.74.